The second-order valence-corrected chi connectivity index (χ2v) is 7.34. The molecule has 11 heteroatoms. The Morgan fingerprint density at radius 2 is 2.17 bits per heavy atom. The molecule has 1 saturated carbocycles. The highest BCUT2D eigenvalue weighted by molar-refractivity contribution is 6.33. The van der Waals surface area contributed by atoms with E-state index in [0.29, 0.717) is 27.9 Å². The fourth-order valence-corrected chi connectivity index (χ4v) is 3.20. The lowest BCUT2D eigenvalue weighted by atomic mass is 10.3. The van der Waals surface area contributed by atoms with Crippen LogP contribution in [0.25, 0.3) is 11.7 Å². The number of hydrogen-bond acceptors (Lipinski definition) is 6. The highest BCUT2D eigenvalue weighted by Crippen LogP contribution is 2.25. The van der Waals surface area contributed by atoms with Gasteiger partial charge < -0.3 is 15.4 Å². The van der Waals surface area contributed by atoms with E-state index in [4.69, 9.17) is 11.6 Å². The number of fused-ring (bicyclic) bond motifs is 1. The van der Waals surface area contributed by atoms with E-state index in [9.17, 15) is 14.3 Å². The normalized spacial score (nSPS) is 15.3. The smallest absolute Gasteiger partial charge is 0.326 e. The van der Waals surface area contributed by atoms with E-state index in [0.717, 1.165) is 12.8 Å². The fraction of sp³-hybridized carbons (Fsp3) is 0.158. The summed E-state index contributed by atoms with van der Waals surface area (Å²) < 4.78 is 14.9. The minimum absolute atomic E-state index is 0.206. The van der Waals surface area contributed by atoms with Crippen LogP contribution in [0.5, 0.6) is 5.88 Å². The van der Waals surface area contributed by atoms with Crippen molar-refractivity contribution in [1.29, 1.82) is 0 Å². The van der Waals surface area contributed by atoms with Gasteiger partial charge in [0, 0.05) is 11.3 Å². The Hall–Kier alpha value is -3.66. The number of aromatic nitrogens is 5. The van der Waals surface area contributed by atoms with Gasteiger partial charge in [-0.2, -0.15) is 9.61 Å². The van der Waals surface area contributed by atoms with Gasteiger partial charge in [-0.15, -0.1) is 0 Å². The molecule has 1 fully saturated rings. The van der Waals surface area contributed by atoms with Gasteiger partial charge in [0.25, 0.3) is 0 Å². The summed E-state index contributed by atoms with van der Waals surface area (Å²) in [6, 6.07) is 6.00. The van der Waals surface area contributed by atoms with Crippen LogP contribution in [0.3, 0.4) is 0 Å². The van der Waals surface area contributed by atoms with Gasteiger partial charge in [-0.25, -0.2) is 14.2 Å². The van der Waals surface area contributed by atoms with Crippen molar-refractivity contribution in [2.45, 2.75) is 18.9 Å². The molecule has 0 aliphatic heterocycles. The van der Waals surface area contributed by atoms with Crippen molar-refractivity contribution in [2.24, 2.45) is 4.99 Å². The number of nitrogens with one attached hydrogen (secondary N) is 3. The third kappa shape index (κ3) is 3.52. The van der Waals surface area contributed by atoms with Crippen LogP contribution in [-0.4, -0.2) is 35.7 Å². The molecule has 9 nitrogen and oxygen atoms in total. The first-order valence-corrected chi connectivity index (χ1v) is 9.52. The number of aromatic hydroxyl groups is 1. The Morgan fingerprint density at radius 3 is 2.87 bits per heavy atom. The molecule has 3 aromatic heterocycles. The number of halogens is 2. The predicted molar refractivity (Wildman–Crippen MR) is 108 cm³/mol. The van der Waals surface area contributed by atoms with Crippen molar-refractivity contribution in [1.82, 2.24) is 24.6 Å². The molecular formula is C19H15ClFN7O2. The van der Waals surface area contributed by atoms with Crippen molar-refractivity contribution < 1.29 is 9.50 Å². The molecule has 152 valence electrons. The Labute approximate surface area is 172 Å². The van der Waals surface area contributed by atoms with Crippen molar-refractivity contribution in [3.63, 3.8) is 0 Å². The van der Waals surface area contributed by atoms with Gasteiger partial charge >= 0.3 is 5.69 Å². The fourth-order valence-electron chi connectivity index (χ4n) is 2.99. The van der Waals surface area contributed by atoms with Crippen LogP contribution >= 0.6 is 11.6 Å². The molecule has 0 bridgehead atoms. The van der Waals surface area contributed by atoms with E-state index in [1.165, 1.54) is 18.2 Å². The number of hydrogen-bond donors (Lipinski definition) is 4. The highest BCUT2D eigenvalue weighted by Gasteiger charge is 2.20. The maximum atomic E-state index is 13.4. The zero-order valence-corrected chi connectivity index (χ0v) is 16.1. The van der Waals surface area contributed by atoms with Gasteiger partial charge in [0.2, 0.25) is 5.88 Å². The SMILES string of the molecule is O=c1[nH]c(O)c(/C=c2\cnn3c(=NC4CC4)cc(Nc4ccc(F)cc4Cl)nc23)[nH]1. The molecule has 1 aliphatic rings. The quantitative estimate of drug-likeness (QED) is 0.394. The zero-order chi connectivity index (χ0) is 20.8. The van der Waals surface area contributed by atoms with Crippen molar-refractivity contribution in [3.05, 3.63) is 68.2 Å². The minimum Gasteiger partial charge on any atom is -0.493 e. The standard InChI is InChI=1S/C19H15ClFN7O2/c20-12-6-10(21)1-4-13(12)24-15-7-16(23-11-2-3-11)28-17(26-15)9(8-22-28)5-14-18(29)27-19(30)25-14/h1,4-8,11,24,29H,2-3H2,(H2,25,27,30)/b9-5+,23-16?. The molecule has 1 aliphatic carbocycles. The van der Waals surface area contributed by atoms with Crippen LogP contribution in [0.15, 0.2) is 40.2 Å². The summed E-state index contributed by atoms with van der Waals surface area (Å²) >= 11 is 6.13. The Bertz CT molecular complexity index is 1450. The maximum Gasteiger partial charge on any atom is 0.326 e. The van der Waals surface area contributed by atoms with Gasteiger partial charge in [-0.1, -0.05) is 11.6 Å². The first kappa shape index (κ1) is 18.4. The second-order valence-electron chi connectivity index (χ2n) is 6.93. The molecule has 0 atom stereocenters. The molecule has 4 N–H and O–H groups in total. The van der Waals surface area contributed by atoms with Gasteiger partial charge in [-0.3, -0.25) is 9.98 Å². The largest absolute Gasteiger partial charge is 0.493 e. The van der Waals surface area contributed by atoms with Gasteiger partial charge in [-0.05, 0) is 37.1 Å². The van der Waals surface area contributed by atoms with Crippen LogP contribution in [0.1, 0.15) is 18.5 Å². The highest BCUT2D eigenvalue weighted by atomic mass is 35.5. The average Bonchev–Trinajstić information content (AvgIpc) is 3.33. The van der Waals surface area contributed by atoms with Crippen LogP contribution in [0, 0.1) is 5.82 Å². The molecule has 5 rings (SSSR count). The molecule has 0 spiro atoms. The summed E-state index contributed by atoms with van der Waals surface area (Å²) in [6.45, 7) is 0. The van der Waals surface area contributed by atoms with Gasteiger partial charge in [0.15, 0.2) is 11.1 Å². The number of benzene rings is 1. The van der Waals surface area contributed by atoms with E-state index < -0.39 is 11.5 Å². The lowest BCUT2D eigenvalue weighted by molar-refractivity contribution is 0.454. The third-order valence-corrected chi connectivity index (χ3v) is 4.88. The monoisotopic (exact) mass is 427 g/mol. The number of imidazole rings is 1. The van der Waals surface area contributed by atoms with Crippen LogP contribution in [0.4, 0.5) is 15.9 Å². The molecule has 0 radical (unpaired) electrons. The maximum absolute atomic E-state index is 13.4. The molecule has 0 saturated heterocycles. The topological polar surface area (TPSA) is 123 Å². The summed E-state index contributed by atoms with van der Waals surface area (Å²) in [7, 11) is 0. The number of anilines is 2. The van der Waals surface area contributed by atoms with Gasteiger partial charge in [0.05, 0.1) is 22.9 Å². The average molecular weight is 428 g/mol. The van der Waals surface area contributed by atoms with Crippen LogP contribution in [0.2, 0.25) is 5.02 Å². The second kappa shape index (κ2) is 6.99. The summed E-state index contributed by atoms with van der Waals surface area (Å²) in [6.07, 6.45) is 5.13. The molecule has 30 heavy (non-hydrogen) atoms. The predicted octanol–water partition coefficient (Wildman–Crippen LogP) is 1.60. The molecule has 1 aromatic carbocycles. The zero-order valence-electron chi connectivity index (χ0n) is 15.4. The van der Waals surface area contributed by atoms with E-state index in [1.807, 2.05) is 0 Å². The minimum atomic E-state index is -0.527. The summed E-state index contributed by atoms with van der Waals surface area (Å²) in [4.78, 5) is 25.4. The first-order valence-electron chi connectivity index (χ1n) is 9.14. The number of aromatic amines is 2. The number of rotatable bonds is 4. The molecule has 0 amide bonds. The van der Waals surface area contributed by atoms with Crippen molar-refractivity contribution in [3.8, 4) is 5.88 Å². The Balaban J connectivity index is 1.68. The van der Waals surface area contributed by atoms with E-state index in [2.05, 4.69) is 30.4 Å². The van der Waals surface area contributed by atoms with Crippen molar-refractivity contribution in [2.75, 3.05) is 5.32 Å². The van der Waals surface area contributed by atoms with Crippen LogP contribution < -0.4 is 21.7 Å². The lowest BCUT2D eigenvalue weighted by Gasteiger charge is -2.08. The van der Waals surface area contributed by atoms with E-state index >= 15 is 0 Å². The molecule has 0 unspecified atom stereocenters. The van der Waals surface area contributed by atoms with Crippen molar-refractivity contribution >= 4 is 34.8 Å². The number of H-pyrrole nitrogens is 2. The van der Waals surface area contributed by atoms with E-state index in [1.54, 1.807) is 22.9 Å². The number of nitrogens with zero attached hydrogens (tertiary/aromatic N) is 4. The molecular weight excluding hydrogens is 413 g/mol. The first-order chi connectivity index (χ1) is 14.5. The van der Waals surface area contributed by atoms with Crippen LogP contribution in [-0.2, 0) is 0 Å². The Kier molecular flexibility index (Phi) is 4.28. The molecule has 3 heterocycles. The molecule has 4 aromatic rings. The Morgan fingerprint density at radius 1 is 1.33 bits per heavy atom. The van der Waals surface area contributed by atoms with Gasteiger partial charge in [0.1, 0.15) is 17.3 Å². The summed E-state index contributed by atoms with van der Waals surface area (Å²) in [5.41, 5.74) is 1.22. The van der Waals surface area contributed by atoms with E-state index in [-0.39, 0.29) is 22.6 Å². The third-order valence-electron chi connectivity index (χ3n) is 4.57. The summed E-state index contributed by atoms with van der Waals surface area (Å²) in [5, 5.41) is 18.1. The lowest BCUT2D eigenvalue weighted by Crippen LogP contribution is -2.19. The summed E-state index contributed by atoms with van der Waals surface area (Å²) in [5.74, 6) is -0.279.